The Labute approximate surface area is 119 Å². The number of rotatable bonds is 5. The molecule has 0 amide bonds. The summed E-state index contributed by atoms with van der Waals surface area (Å²) in [4.78, 5) is 2.88. The summed E-state index contributed by atoms with van der Waals surface area (Å²) in [5, 5.41) is 3.59. The van der Waals surface area contributed by atoms with Gasteiger partial charge < -0.3 is 5.32 Å². The van der Waals surface area contributed by atoms with Crippen LogP contribution in [0.3, 0.4) is 0 Å². The van der Waals surface area contributed by atoms with E-state index in [4.69, 9.17) is 0 Å². The van der Waals surface area contributed by atoms with E-state index in [1.807, 2.05) is 0 Å². The molecule has 1 unspecified atom stereocenters. The van der Waals surface area contributed by atoms with Gasteiger partial charge in [-0.2, -0.15) is 0 Å². The summed E-state index contributed by atoms with van der Waals surface area (Å²) in [6.07, 6.45) is 14.8. The predicted octanol–water partition coefficient (Wildman–Crippen LogP) is 3.42. The molecule has 3 fully saturated rings. The third kappa shape index (κ3) is 4.46. The smallest absolute Gasteiger partial charge is 0.00966 e. The van der Waals surface area contributed by atoms with Gasteiger partial charge in [0.25, 0.3) is 0 Å². The second-order valence-electron chi connectivity index (χ2n) is 7.26. The lowest BCUT2D eigenvalue weighted by Gasteiger charge is -2.32. The van der Waals surface area contributed by atoms with Crippen LogP contribution in [0.1, 0.15) is 64.2 Å². The molecule has 0 aromatic heterocycles. The number of hydrogen-bond acceptors (Lipinski definition) is 2. The van der Waals surface area contributed by atoms with E-state index in [2.05, 4.69) is 10.2 Å². The summed E-state index contributed by atoms with van der Waals surface area (Å²) in [6.45, 7) is 5.33. The van der Waals surface area contributed by atoms with E-state index in [0.29, 0.717) is 0 Å². The Hall–Kier alpha value is -0.0800. The zero-order valence-corrected chi connectivity index (χ0v) is 12.6. The van der Waals surface area contributed by atoms with E-state index in [1.165, 1.54) is 90.4 Å². The van der Waals surface area contributed by atoms with Gasteiger partial charge in [-0.1, -0.05) is 25.7 Å². The molecular weight excluding hydrogens is 232 g/mol. The molecule has 2 aliphatic carbocycles. The summed E-state index contributed by atoms with van der Waals surface area (Å²) < 4.78 is 0. The minimum atomic E-state index is 0.931. The second-order valence-corrected chi connectivity index (χ2v) is 7.26. The topological polar surface area (TPSA) is 15.3 Å². The van der Waals surface area contributed by atoms with Crippen molar-refractivity contribution in [2.75, 3.05) is 26.2 Å². The highest BCUT2D eigenvalue weighted by Crippen LogP contribution is 2.32. The van der Waals surface area contributed by atoms with Gasteiger partial charge >= 0.3 is 0 Å². The van der Waals surface area contributed by atoms with Crippen molar-refractivity contribution in [1.82, 2.24) is 10.2 Å². The van der Waals surface area contributed by atoms with Crippen LogP contribution in [-0.2, 0) is 0 Å². The van der Waals surface area contributed by atoms with Crippen molar-refractivity contribution < 1.29 is 0 Å². The fourth-order valence-corrected chi connectivity index (χ4v) is 4.10. The van der Waals surface area contributed by atoms with Crippen LogP contribution >= 0.6 is 0 Å². The first kappa shape index (κ1) is 13.9. The minimum Gasteiger partial charge on any atom is -0.316 e. The fourth-order valence-electron chi connectivity index (χ4n) is 4.10. The van der Waals surface area contributed by atoms with Crippen molar-refractivity contribution in [2.45, 2.75) is 70.3 Å². The number of nitrogens with zero attached hydrogens (tertiary/aromatic N) is 1. The number of nitrogens with one attached hydrogen (secondary N) is 1. The molecule has 0 spiro atoms. The van der Waals surface area contributed by atoms with Crippen molar-refractivity contribution in [3.63, 3.8) is 0 Å². The molecule has 1 heterocycles. The van der Waals surface area contributed by atoms with Crippen molar-refractivity contribution in [2.24, 2.45) is 11.8 Å². The molecule has 19 heavy (non-hydrogen) atoms. The molecule has 1 saturated heterocycles. The molecule has 110 valence electrons. The number of hydrogen-bond donors (Lipinski definition) is 1. The molecule has 0 radical (unpaired) electrons. The largest absolute Gasteiger partial charge is 0.316 e. The lowest BCUT2D eigenvalue weighted by molar-refractivity contribution is 0.167. The van der Waals surface area contributed by atoms with Crippen LogP contribution in [0.5, 0.6) is 0 Å². The molecule has 3 aliphatic rings. The SMILES string of the molecule is C1CCCC(CN(CC2CCCNC2)C2CC2)CC1. The molecular formula is C17H32N2. The maximum absolute atomic E-state index is 3.59. The molecule has 1 N–H and O–H groups in total. The zero-order valence-electron chi connectivity index (χ0n) is 12.6. The van der Waals surface area contributed by atoms with Crippen molar-refractivity contribution in [3.8, 4) is 0 Å². The summed E-state index contributed by atoms with van der Waals surface area (Å²) >= 11 is 0. The van der Waals surface area contributed by atoms with Crippen molar-refractivity contribution in [1.29, 1.82) is 0 Å². The highest BCUT2D eigenvalue weighted by molar-refractivity contribution is 4.88. The van der Waals surface area contributed by atoms with Crippen LogP contribution in [0, 0.1) is 11.8 Å². The van der Waals surface area contributed by atoms with Crippen LogP contribution in [-0.4, -0.2) is 37.1 Å². The van der Waals surface area contributed by atoms with Crippen molar-refractivity contribution in [3.05, 3.63) is 0 Å². The van der Waals surface area contributed by atoms with Gasteiger partial charge in [0.1, 0.15) is 0 Å². The maximum atomic E-state index is 3.59. The standard InChI is InChI=1S/C17H32N2/c1-2-4-7-15(6-3-1)13-19(17-9-10-17)14-16-8-5-11-18-12-16/h15-18H,1-14H2. The monoisotopic (exact) mass is 264 g/mol. The highest BCUT2D eigenvalue weighted by atomic mass is 15.2. The third-order valence-electron chi connectivity index (χ3n) is 5.42. The van der Waals surface area contributed by atoms with E-state index >= 15 is 0 Å². The number of piperidine rings is 1. The second kappa shape index (κ2) is 7.08. The lowest BCUT2D eigenvalue weighted by Crippen LogP contribution is -2.41. The van der Waals surface area contributed by atoms with E-state index in [-0.39, 0.29) is 0 Å². The first-order valence-corrected chi connectivity index (χ1v) is 8.86. The van der Waals surface area contributed by atoms with E-state index in [0.717, 1.165) is 17.9 Å². The van der Waals surface area contributed by atoms with Crippen molar-refractivity contribution >= 4 is 0 Å². The van der Waals surface area contributed by atoms with Crippen LogP contribution in [0.2, 0.25) is 0 Å². The Kier molecular flexibility index (Phi) is 5.17. The predicted molar refractivity (Wildman–Crippen MR) is 81.4 cm³/mol. The zero-order chi connectivity index (χ0) is 12.9. The van der Waals surface area contributed by atoms with Gasteiger partial charge in [0.2, 0.25) is 0 Å². The quantitative estimate of drug-likeness (QED) is 0.765. The first-order chi connectivity index (χ1) is 9.42. The van der Waals surface area contributed by atoms with Gasteiger partial charge in [0.15, 0.2) is 0 Å². The van der Waals surface area contributed by atoms with Crippen LogP contribution in [0.15, 0.2) is 0 Å². The van der Waals surface area contributed by atoms with Gasteiger partial charge in [-0.3, -0.25) is 4.90 Å². The molecule has 0 aromatic rings. The molecule has 1 atom stereocenters. The molecule has 2 saturated carbocycles. The normalized spacial score (nSPS) is 30.5. The Morgan fingerprint density at radius 3 is 2.05 bits per heavy atom. The Bertz CT molecular complexity index is 248. The van der Waals surface area contributed by atoms with Crippen LogP contribution < -0.4 is 5.32 Å². The Morgan fingerprint density at radius 1 is 0.737 bits per heavy atom. The molecule has 0 aromatic carbocycles. The van der Waals surface area contributed by atoms with Gasteiger partial charge in [-0.25, -0.2) is 0 Å². The summed E-state index contributed by atoms with van der Waals surface area (Å²) in [5.41, 5.74) is 0. The van der Waals surface area contributed by atoms with Crippen LogP contribution in [0.4, 0.5) is 0 Å². The van der Waals surface area contributed by atoms with E-state index in [9.17, 15) is 0 Å². The molecule has 3 rings (SSSR count). The van der Waals surface area contributed by atoms with Gasteiger partial charge in [-0.05, 0) is 63.5 Å². The van der Waals surface area contributed by atoms with Gasteiger partial charge in [0.05, 0.1) is 0 Å². The average Bonchev–Trinajstić information content (AvgIpc) is 3.27. The first-order valence-electron chi connectivity index (χ1n) is 8.86. The van der Waals surface area contributed by atoms with E-state index in [1.54, 1.807) is 0 Å². The fraction of sp³-hybridized carbons (Fsp3) is 1.00. The summed E-state index contributed by atoms with van der Waals surface area (Å²) in [7, 11) is 0. The highest BCUT2D eigenvalue weighted by Gasteiger charge is 2.32. The van der Waals surface area contributed by atoms with Gasteiger partial charge in [-0.15, -0.1) is 0 Å². The molecule has 2 nitrogen and oxygen atoms in total. The Morgan fingerprint density at radius 2 is 1.42 bits per heavy atom. The third-order valence-corrected chi connectivity index (χ3v) is 5.42. The van der Waals surface area contributed by atoms with Gasteiger partial charge in [0, 0.05) is 19.1 Å². The lowest BCUT2D eigenvalue weighted by atomic mass is 9.96. The minimum absolute atomic E-state index is 0.931. The summed E-state index contributed by atoms with van der Waals surface area (Å²) in [5.74, 6) is 1.94. The molecule has 2 heteroatoms. The molecule has 0 bridgehead atoms. The maximum Gasteiger partial charge on any atom is 0.00966 e. The van der Waals surface area contributed by atoms with Crippen LogP contribution in [0.25, 0.3) is 0 Å². The summed E-state index contributed by atoms with van der Waals surface area (Å²) in [6, 6.07) is 0.963. The van der Waals surface area contributed by atoms with E-state index < -0.39 is 0 Å². The average molecular weight is 264 g/mol. The Balaban J connectivity index is 1.48. The molecule has 1 aliphatic heterocycles.